The molecule has 0 fully saturated rings. The second kappa shape index (κ2) is 7.33. The van der Waals surface area contributed by atoms with Gasteiger partial charge in [0.15, 0.2) is 5.84 Å². The van der Waals surface area contributed by atoms with Crippen molar-refractivity contribution in [3.8, 4) is 0 Å². The standard InChI is InChI=1S/C18H20N4S/c1-22-15(14-9-5-4-6-10-14)13-21-17(19)16(22)18-20-11-7-2-3-8-12-23-18/h2-10,13,15,19-20H,11-12H2,1H3/b7-2-,8-3-,18-16?,19-17?. The number of thioether (sulfide) groups is 1. The van der Waals surface area contributed by atoms with E-state index in [4.69, 9.17) is 5.41 Å². The molecular weight excluding hydrogens is 304 g/mol. The largest absolute Gasteiger partial charge is 0.375 e. The van der Waals surface area contributed by atoms with Gasteiger partial charge in [-0.25, -0.2) is 4.99 Å². The van der Waals surface area contributed by atoms with Gasteiger partial charge in [-0.05, 0) is 5.56 Å². The van der Waals surface area contributed by atoms with Crippen molar-refractivity contribution in [3.05, 3.63) is 70.9 Å². The molecule has 0 radical (unpaired) electrons. The van der Waals surface area contributed by atoms with Gasteiger partial charge in [0, 0.05) is 25.6 Å². The minimum absolute atomic E-state index is 0.0499. The van der Waals surface area contributed by atoms with E-state index < -0.39 is 0 Å². The fourth-order valence-electron chi connectivity index (χ4n) is 2.61. The highest BCUT2D eigenvalue weighted by Crippen LogP contribution is 2.30. The van der Waals surface area contributed by atoms with E-state index in [2.05, 4.69) is 45.6 Å². The van der Waals surface area contributed by atoms with Gasteiger partial charge in [0.25, 0.3) is 0 Å². The lowest BCUT2D eigenvalue weighted by molar-refractivity contribution is 0.392. The molecule has 4 nitrogen and oxygen atoms in total. The molecule has 118 valence electrons. The van der Waals surface area contributed by atoms with E-state index in [1.54, 1.807) is 11.8 Å². The minimum atomic E-state index is 0.0499. The van der Waals surface area contributed by atoms with E-state index in [-0.39, 0.29) is 6.04 Å². The topological polar surface area (TPSA) is 51.5 Å². The molecule has 1 atom stereocenters. The number of benzene rings is 1. The zero-order valence-corrected chi connectivity index (χ0v) is 13.9. The maximum atomic E-state index is 8.26. The average Bonchev–Trinajstić information content (AvgIpc) is 2.70. The Morgan fingerprint density at radius 3 is 2.83 bits per heavy atom. The van der Waals surface area contributed by atoms with Crippen LogP contribution < -0.4 is 5.32 Å². The molecule has 0 aromatic heterocycles. The minimum Gasteiger partial charge on any atom is -0.375 e. The van der Waals surface area contributed by atoms with E-state index in [9.17, 15) is 0 Å². The summed E-state index contributed by atoms with van der Waals surface area (Å²) in [6.07, 6.45) is 10.2. The van der Waals surface area contributed by atoms with Crippen LogP contribution in [0.2, 0.25) is 0 Å². The molecule has 2 N–H and O–H groups in total. The highest BCUT2D eigenvalue weighted by Gasteiger charge is 2.27. The van der Waals surface area contributed by atoms with Crippen molar-refractivity contribution in [1.29, 1.82) is 5.41 Å². The molecule has 0 aliphatic carbocycles. The molecule has 2 aliphatic heterocycles. The summed E-state index contributed by atoms with van der Waals surface area (Å²) in [6, 6.07) is 10.3. The maximum absolute atomic E-state index is 8.26. The van der Waals surface area contributed by atoms with Gasteiger partial charge in [-0.2, -0.15) is 0 Å². The Labute approximate surface area is 141 Å². The first kappa shape index (κ1) is 15.6. The highest BCUT2D eigenvalue weighted by molar-refractivity contribution is 8.03. The van der Waals surface area contributed by atoms with Crippen molar-refractivity contribution in [1.82, 2.24) is 10.2 Å². The van der Waals surface area contributed by atoms with Gasteiger partial charge in [0.05, 0.1) is 11.1 Å². The van der Waals surface area contributed by atoms with E-state index in [0.29, 0.717) is 5.84 Å². The maximum Gasteiger partial charge on any atom is 0.170 e. The summed E-state index contributed by atoms with van der Waals surface area (Å²) in [6.45, 7) is 0.747. The molecule has 0 saturated carbocycles. The predicted octanol–water partition coefficient (Wildman–Crippen LogP) is 3.34. The van der Waals surface area contributed by atoms with Crippen LogP contribution in [-0.2, 0) is 0 Å². The first-order valence-electron chi connectivity index (χ1n) is 7.61. The summed E-state index contributed by atoms with van der Waals surface area (Å²) in [4.78, 5) is 6.47. The third kappa shape index (κ3) is 3.56. The van der Waals surface area contributed by atoms with Gasteiger partial charge < -0.3 is 10.2 Å². The summed E-state index contributed by atoms with van der Waals surface area (Å²) < 4.78 is 0. The zero-order chi connectivity index (χ0) is 16.1. The van der Waals surface area contributed by atoms with Gasteiger partial charge in [-0.3, -0.25) is 5.41 Å². The molecule has 1 aromatic rings. The number of hydrogen-bond donors (Lipinski definition) is 2. The lowest BCUT2D eigenvalue weighted by Crippen LogP contribution is -2.35. The molecule has 1 unspecified atom stereocenters. The molecule has 2 heterocycles. The lowest BCUT2D eigenvalue weighted by atomic mass is 10.0. The van der Waals surface area contributed by atoms with Crippen molar-refractivity contribution in [2.45, 2.75) is 6.04 Å². The van der Waals surface area contributed by atoms with Crippen molar-refractivity contribution in [3.63, 3.8) is 0 Å². The van der Waals surface area contributed by atoms with Crippen LogP contribution in [0.4, 0.5) is 0 Å². The fraction of sp³-hybridized carbons (Fsp3) is 0.222. The third-order valence-electron chi connectivity index (χ3n) is 3.78. The fourth-order valence-corrected chi connectivity index (χ4v) is 3.54. The number of aliphatic imine (C=N–C) groups is 1. The molecule has 0 amide bonds. The smallest absolute Gasteiger partial charge is 0.170 e. The van der Waals surface area contributed by atoms with E-state index in [1.165, 1.54) is 5.56 Å². The summed E-state index contributed by atoms with van der Waals surface area (Å²) in [5, 5.41) is 12.7. The van der Waals surface area contributed by atoms with Gasteiger partial charge in [0.2, 0.25) is 0 Å². The molecule has 1 aromatic carbocycles. The van der Waals surface area contributed by atoms with Crippen LogP contribution in [-0.4, -0.2) is 36.3 Å². The monoisotopic (exact) mass is 324 g/mol. The Kier molecular flexibility index (Phi) is 4.98. The molecule has 5 heteroatoms. The van der Waals surface area contributed by atoms with Crippen LogP contribution in [0.3, 0.4) is 0 Å². The van der Waals surface area contributed by atoms with Crippen LogP contribution in [0.15, 0.2) is 70.4 Å². The van der Waals surface area contributed by atoms with E-state index >= 15 is 0 Å². The quantitative estimate of drug-likeness (QED) is 0.833. The molecule has 0 saturated heterocycles. The van der Waals surface area contributed by atoms with Crippen LogP contribution in [0.25, 0.3) is 0 Å². The molecule has 23 heavy (non-hydrogen) atoms. The van der Waals surface area contributed by atoms with Crippen molar-refractivity contribution in [2.75, 3.05) is 19.3 Å². The third-order valence-corrected chi connectivity index (χ3v) is 4.77. The highest BCUT2D eigenvalue weighted by atomic mass is 32.2. The number of amidine groups is 1. The second-order valence-electron chi connectivity index (χ2n) is 5.32. The Bertz CT molecular complexity index is 670. The van der Waals surface area contributed by atoms with Crippen molar-refractivity contribution >= 4 is 23.8 Å². The number of allylic oxidation sites excluding steroid dienone is 2. The molecule has 2 aliphatic rings. The Morgan fingerprint density at radius 1 is 1.22 bits per heavy atom. The molecule has 0 spiro atoms. The molecule has 3 rings (SSSR count). The number of hydrogen-bond acceptors (Lipinski definition) is 4. The summed E-state index contributed by atoms with van der Waals surface area (Å²) >= 11 is 1.71. The normalized spacial score (nSPS) is 27.6. The second-order valence-corrected chi connectivity index (χ2v) is 6.35. The van der Waals surface area contributed by atoms with Gasteiger partial charge >= 0.3 is 0 Å². The summed E-state index contributed by atoms with van der Waals surface area (Å²) in [5.74, 6) is 1.18. The van der Waals surface area contributed by atoms with Crippen LogP contribution >= 0.6 is 11.8 Å². The number of rotatable bonds is 1. The average molecular weight is 324 g/mol. The van der Waals surface area contributed by atoms with Gasteiger partial charge in [-0.15, -0.1) is 11.8 Å². The van der Waals surface area contributed by atoms with Crippen LogP contribution in [0.1, 0.15) is 11.6 Å². The zero-order valence-electron chi connectivity index (χ0n) is 13.1. The van der Waals surface area contributed by atoms with E-state index in [0.717, 1.165) is 23.0 Å². The summed E-state index contributed by atoms with van der Waals surface area (Å²) in [5.41, 5.74) is 2.03. The van der Waals surface area contributed by atoms with Crippen molar-refractivity contribution in [2.24, 2.45) is 4.99 Å². The Hall–Kier alpha value is -2.27. The lowest BCUT2D eigenvalue weighted by Gasteiger charge is -2.34. The van der Waals surface area contributed by atoms with Gasteiger partial charge in [-0.1, -0.05) is 54.6 Å². The SMILES string of the molecule is CN1C(=C2NC/C=C\C=C/CS2)C(=N)N=CC1c1ccccc1. The Balaban J connectivity index is 1.95. The number of nitrogens with one attached hydrogen (secondary N) is 2. The summed E-state index contributed by atoms with van der Waals surface area (Å²) in [7, 11) is 2.03. The van der Waals surface area contributed by atoms with Crippen LogP contribution in [0.5, 0.6) is 0 Å². The molecular formula is C18H20N4S. The number of nitrogens with zero attached hydrogens (tertiary/aromatic N) is 2. The van der Waals surface area contributed by atoms with Crippen LogP contribution in [0, 0.1) is 5.41 Å². The first-order valence-corrected chi connectivity index (χ1v) is 8.59. The Morgan fingerprint density at radius 2 is 2.00 bits per heavy atom. The van der Waals surface area contributed by atoms with Gasteiger partial charge in [0.1, 0.15) is 5.70 Å². The predicted molar refractivity (Wildman–Crippen MR) is 98.9 cm³/mol. The van der Waals surface area contributed by atoms with Crippen molar-refractivity contribution < 1.29 is 0 Å². The molecule has 0 bridgehead atoms. The number of likely N-dealkylation sites (N-methyl/N-ethyl adjacent to an activating group) is 1. The first-order chi connectivity index (χ1) is 11.3. The van der Waals surface area contributed by atoms with E-state index in [1.807, 2.05) is 37.5 Å².